The summed E-state index contributed by atoms with van der Waals surface area (Å²) in [5.41, 5.74) is -1.45. The number of alkyl halides is 6. The number of nitrogens with two attached hydrogens (primary N) is 1. The van der Waals surface area contributed by atoms with Crippen molar-refractivity contribution >= 4 is 87.5 Å². The monoisotopic (exact) mass is 1060 g/mol. The normalized spacial score (nSPS) is 12.2. The average Bonchev–Trinajstić information content (AvgIpc) is 3.49. The minimum atomic E-state index is -5.25. The molecule has 2 aromatic heterocycles. The second-order valence-corrected chi connectivity index (χ2v) is 19.5. The van der Waals surface area contributed by atoms with Crippen molar-refractivity contribution in [1.29, 1.82) is 5.26 Å². The first-order chi connectivity index (χ1) is 28.7. The van der Waals surface area contributed by atoms with Gasteiger partial charge >= 0.3 is 55.9 Å². The molecule has 0 aliphatic heterocycles. The third-order valence-electron chi connectivity index (χ3n) is 6.44. The van der Waals surface area contributed by atoms with Gasteiger partial charge in [0.05, 0.1) is 34.2 Å². The van der Waals surface area contributed by atoms with E-state index in [1.807, 2.05) is 19.0 Å². The number of phosphoric acid groups is 1. The fourth-order valence-electron chi connectivity index (χ4n) is 3.79. The molecule has 2 heterocycles. The number of nitrogens with zero attached hydrogens (tertiary/aromatic N) is 6. The number of hydrogen-bond acceptors (Lipinski definition) is 17. The van der Waals surface area contributed by atoms with Crippen LogP contribution in [0.3, 0.4) is 0 Å². The number of nitriles is 1. The van der Waals surface area contributed by atoms with Crippen LogP contribution >= 0.6 is 49.2 Å². The molecule has 1 unspecified atom stereocenters. The maximum absolute atomic E-state index is 12.7. The Morgan fingerprint density at radius 3 is 1.92 bits per heavy atom. The van der Waals surface area contributed by atoms with E-state index >= 15 is 0 Å². The summed E-state index contributed by atoms with van der Waals surface area (Å²) in [6, 6.07) is 10.1. The standard InChI is InChI=1S/C12H4Cl2F6N4OS.C9H13O6PS.C8H11N3O3S.Na.H3O4P/c13-5-1-4(11(15,16)17)2-6(14)8(5)24-10(22)9(7(3-21)23-24)26(25)12(18,19)20;1-12-9-5-15-7(4-8(9)10)6-17-16(11,13-2)14-3;1-11(2)8-5-3-7(4-6-8)9-10-15(12,13)14;;1-5(2,3)4/h1-2H,22H2;4-5H,6H2,1-3H3;3-6H,1-2H3,(H,12,13,14);;(H3,1,2,3,4)/q;;;+1;/p-1. The summed E-state index contributed by atoms with van der Waals surface area (Å²) in [6.45, 7) is -3.16. The molecule has 1 atom stereocenters. The molecule has 0 bridgehead atoms. The third kappa shape index (κ3) is 20.6. The van der Waals surface area contributed by atoms with Gasteiger partial charge in [-0.1, -0.05) is 27.7 Å². The number of benzene rings is 2. The Hall–Kier alpha value is -3.08. The number of hydrogen-bond donors (Lipinski definition) is 4. The van der Waals surface area contributed by atoms with E-state index in [0.29, 0.717) is 28.3 Å². The summed E-state index contributed by atoms with van der Waals surface area (Å²) in [4.78, 5) is 33.7. The van der Waals surface area contributed by atoms with Crippen LogP contribution in [0.25, 0.3) is 5.69 Å². The van der Waals surface area contributed by atoms with Crippen molar-refractivity contribution in [2.24, 2.45) is 9.63 Å². The molecular weight excluding hydrogens is 1040 g/mol. The number of nitrogen functional groups attached to an aromatic ring is 1. The number of ether oxygens (including phenoxy) is 1. The fourth-order valence-corrected chi connectivity index (χ4v) is 7.69. The van der Waals surface area contributed by atoms with E-state index in [0.717, 1.165) is 17.1 Å². The van der Waals surface area contributed by atoms with Gasteiger partial charge in [0.15, 0.2) is 16.5 Å². The van der Waals surface area contributed by atoms with Crippen LogP contribution in [0.15, 0.2) is 72.5 Å². The Labute approximate surface area is 396 Å². The maximum atomic E-state index is 12.7. The van der Waals surface area contributed by atoms with E-state index in [1.165, 1.54) is 39.7 Å². The number of aromatic nitrogens is 2. The zero-order valence-corrected chi connectivity index (χ0v) is 40.8. The van der Waals surface area contributed by atoms with E-state index in [4.69, 9.17) is 71.6 Å². The van der Waals surface area contributed by atoms with Gasteiger partial charge in [0.25, 0.3) is 0 Å². The van der Waals surface area contributed by atoms with Gasteiger partial charge in [-0.2, -0.15) is 36.7 Å². The van der Waals surface area contributed by atoms with Gasteiger partial charge in [0.1, 0.15) is 34.5 Å². The average molecular weight is 1070 g/mol. The Morgan fingerprint density at radius 1 is 1.05 bits per heavy atom. The minimum absolute atomic E-state index is 0. The number of halogens is 8. The molecule has 0 amide bonds. The van der Waals surface area contributed by atoms with E-state index in [2.05, 4.69) is 14.7 Å². The van der Waals surface area contributed by atoms with Gasteiger partial charge in [-0.25, -0.2) is 26.4 Å². The van der Waals surface area contributed by atoms with Crippen molar-refractivity contribution in [1.82, 2.24) is 9.78 Å². The smallest absolute Gasteiger partial charge is 0.728 e. The quantitative estimate of drug-likeness (QED) is 0.0543. The van der Waals surface area contributed by atoms with Crippen molar-refractivity contribution in [3.8, 4) is 17.5 Å². The molecule has 2 aromatic carbocycles. The first kappa shape index (κ1) is 60.9. The number of methoxy groups -OCH3 is 1. The van der Waals surface area contributed by atoms with E-state index in [1.54, 1.807) is 24.3 Å². The van der Waals surface area contributed by atoms with Crippen molar-refractivity contribution in [2.75, 3.05) is 46.1 Å². The minimum Gasteiger partial charge on any atom is -0.728 e. The predicted octanol–water partition coefficient (Wildman–Crippen LogP) is 3.93. The third-order valence-corrected chi connectivity index (χ3v) is 12.3. The summed E-state index contributed by atoms with van der Waals surface area (Å²) in [5.74, 6) is -0.200. The first-order valence-electron chi connectivity index (χ1n) is 15.5. The summed E-state index contributed by atoms with van der Waals surface area (Å²) in [5, 5.41) is 14.3. The molecule has 21 nitrogen and oxygen atoms in total. The molecule has 350 valence electrons. The van der Waals surface area contributed by atoms with Crippen LogP contribution in [0.4, 0.5) is 43.5 Å². The molecule has 0 saturated carbocycles. The second kappa shape index (κ2) is 25.7. The zero-order chi connectivity index (χ0) is 48.9. The van der Waals surface area contributed by atoms with Crippen LogP contribution in [-0.4, -0.2) is 82.6 Å². The fraction of sp³-hybridized carbons (Fsp3) is 0.276. The SMILES string of the molecule is CN(C)c1ccc(N=NS(=O)(=O)[O-])cc1.COc1coc(CSP(=O)(OC)OC)cc1=O.N#Cc1nn(-c2c(Cl)cc(C(F)(F)F)cc2Cl)c(N)c1S(=O)C(F)(F)F.O=P(O)(O)O.[Na+]. The van der Waals surface area contributed by atoms with E-state index in [-0.39, 0.29) is 46.5 Å². The molecule has 0 radical (unpaired) electrons. The van der Waals surface area contributed by atoms with E-state index in [9.17, 15) is 52.9 Å². The van der Waals surface area contributed by atoms with Crippen molar-refractivity contribution in [3.63, 3.8) is 0 Å². The van der Waals surface area contributed by atoms with Crippen LogP contribution in [0.5, 0.6) is 5.75 Å². The largest absolute Gasteiger partial charge is 1.00 e. The molecule has 0 aliphatic rings. The van der Waals surface area contributed by atoms with Crippen LogP contribution in [0.2, 0.25) is 10.0 Å². The topological polar surface area (TPSA) is 323 Å². The summed E-state index contributed by atoms with van der Waals surface area (Å²) in [7, 11) is -5.28. The summed E-state index contributed by atoms with van der Waals surface area (Å²) < 4.78 is 161. The molecular formula is C29H30Cl2F6N7NaO14P2S3. The van der Waals surface area contributed by atoms with Crippen molar-refractivity contribution < 1.29 is 115 Å². The van der Waals surface area contributed by atoms with Gasteiger partial charge in [0, 0.05) is 40.1 Å². The Morgan fingerprint density at radius 2 is 1.55 bits per heavy atom. The molecule has 5 N–H and O–H groups in total. The summed E-state index contributed by atoms with van der Waals surface area (Å²) >= 11 is 12.4. The molecule has 0 fully saturated rings. The molecule has 35 heteroatoms. The van der Waals surface area contributed by atoms with Gasteiger partial charge < -0.3 is 48.1 Å². The summed E-state index contributed by atoms with van der Waals surface area (Å²) in [6.07, 6.45) is -3.58. The van der Waals surface area contributed by atoms with Gasteiger partial charge in [-0.05, 0) is 47.8 Å². The van der Waals surface area contributed by atoms with Crippen LogP contribution in [-0.2, 0) is 51.2 Å². The Balaban J connectivity index is 0.000000911. The maximum Gasteiger partial charge on any atom is 1.00 e. The Bertz CT molecular complexity index is 2540. The molecule has 64 heavy (non-hydrogen) atoms. The van der Waals surface area contributed by atoms with Gasteiger partial charge in [-0.15, -0.1) is 5.11 Å². The van der Waals surface area contributed by atoms with Crippen LogP contribution < -0.4 is 50.4 Å². The first-order valence-corrected chi connectivity index (χ1v) is 23.5. The van der Waals surface area contributed by atoms with Crippen molar-refractivity contribution in [2.45, 2.75) is 22.3 Å². The van der Waals surface area contributed by atoms with Crippen LogP contribution in [0.1, 0.15) is 17.0 Å². The molecule has 0 spiro atoms. The Kier molecular flexibility index (Phi) is 24.5. The molecule has 4 aromatic rings. The number of rotatable bonds is 11. The second-order valence-electron chi connectivity index (χ2n) is 11.0. The van der Waals surface area contributed by atoms with E-state index < -0.39 is 85.1 Å². The zero-order valence-electron chi connectivity index (χ0n) is 33.1. The van der Waals surface area contributed by atoms with Crippen LogP contribution in [0, 0.1) is 11.3 Å². The van der Waals surface area contributed by atoms with Gasteiger partial charge in [-0.3, -0.25) is 4.79 Å². The van der Waals surface area contributed by atoms with Crippen molar-refractivity contribution in [3.05, 3.63) is 86.0 Å². The van der Waals surface area contributed by atoms with Gasteiger partial charge in [0.2, 0.25) is 21.5 Å². The number of anilines is 2. The molecule has 0 aliphatic carbocycles. The molecule has 4 rings (SSSR count). The molecule has 0 saturated heterocycles. The predicted molar refractivity (Wildman–Crippen MR) is 214 cm³/mol.